The molecular formula is C13H14O6. The summed E-state index contributed by atoms with van der Waals surface area (Å²) >= 11 is 0. The second-order valence-electron chi connectivity index (χ2n) is 3.49. The van der Waals surface area contributed by atoms with Gasteiger partial charge in [0.25, 0.3) is 5.78 Å². The van der Waals surface area contributed by atoms with Crippen LogP contribution >= 0.6 is 0 Å². The first-order valence-electron chi connectivity index (χ1n) is 5.48. The van der Waals surface area contributed by atoms with Gasteiger partial charge in [-0.2, -0.15) is 0 Å². The molecule has 102 valence electrons. The first kappa shape index (κ1) is 14.6. The van der Waals surface area contributed by atoms with Gasteiger partial charge in [-0.25, -0.2) is 4.79 Å². The van der Waals surface area contributed by atoms with E-state index in [4.69, 9.17) is 14.6 Å². The molecule has 0 bridgehead atoms. The van der Waals surface area contributed by atoms with E-state index in [1.807, 2.05) is 0 Å². The van der Waals surface area contributed by atoms with Gasteiger partial charge in [-0.15, -0.1) is 0 Å². The number of rotatable bonds is 6. The van der Waals surface area contributed by atoms with Crippen LogP contribution in [0.5, 0.6) is 11.5 Å². The highest BCUT2D eigenvalue weighted by molar-refractivity contribution is 6.38. The Labute approximate surface area is 109 Å². The average Bonchev–Trinajstić information content (AvgIpc) is 2.39. The minimum Gasteiger partial charge on any atom is -0.507 e. The molecule has 0 aromatic heterocycles. The summed E-state index contributed by atoms with van der Waals surface area (Å²) in [5.74, 6) is -2.58. The lowest BCUT2D eigenvalue weighted by Crippen LogP contribution is -2.09. The molecule has 0 fully saturated rings. The Hall–Kier alpha value is -2.50. The van der Waals surface area contributed by atoms with Crippen molar-refractivity contribution in [3.05, 3.63) is 29.8 Å². The maximum Gasteiger partial charge on any atom is 0.376 e. The molecule has 0 aliphatic heterocycles. The van der Waals surface area contributed by atoms with Crippen LogP contribution in [0.1, 0.15) is 12.5 Å². The van der Waals surface area contributed by atoms with Gasteiger partial charge in [0.05, 0.1) is 19.3 Å². The van der Waals surface area contributed by atoms with E-state index in [0.717, 1.165) is 0 Å². The number of ketones is 1. The van der Waals surface area contributed by atoms with Crippen LogP contribution in [0.25, 0.3) is 5.76 Å². The highest BCUT2D eigenvalue weighted by atomic mass is 16.5. The number of benzene rings is 1. The summed E-state index contributed by atoms with van der Waals surface area (Å²) in [7, 11) is 1.45. The van der Waals surface area contributed by atoms with Crippen LogP contribution in [-0.4, -0.2) is 35.7 Å². The smallest absolute Gasteiger partial charge is 0.376 e. The standard InChI is InChI=1S/C13H14O6/c1-3-19-12-5-4-8(18-2)6-9(12)10(14)7-11(15)13(16)17/h4-7,14H,3H2,1-2H3,(H,16,17)/b10-7-. The molecule has 6 nitrogen and oxygen atoms in total. The van der Waals surface area contributed by atoms with Crippen LogP contribution in [0.2, 0.25) is 0 Å². The molecule has 0 spiro atoms. The molecule has 0 aliphatic rings. The normalized spacial score (nSPS) is 10.9. The molecule has 0 atom stereocenters. The van der Waals surface area contributed by atoms with E-state index in [1.54, 1.807) is 19.1 Å². The molecule has 0 unspecified atom stereocenters. The Morgan fingerprint density at radius 3 is 2.53 bits per heavy atom. The largest absolute Gasteiger partial charge is 0.507 e. The Kier molecular flexibility index (Phi) is 4.93. The quantitative estimate of drug-likeness (QED) is 0.462. The van der Waals surface area contributed by atoms with Gasteiger partial charge in [-0.1, -0.05) is 0 Å². The van der Waals surface area contributed by atoms with Crippen LogP contribution in [0, 0.1) is 0 Å². The van der Waals surface area contributed by atoms with E-state index in [9.17, 15) is 14.7 Å². The zero-order chi connectivity index (χ0) is 14.4. The lowest BCUT2D eigenvalue weighted by Gasteiger charge is -2.11. The second-order valence-corrected chi connectivity index (χ2v) is 3.49. The van der Waals surface area contributed by atoms with Gasteiger partial charge < -0.3 is 19.7 Å². The van der Waals surface area contributed by atoms with E-state index in [1.165, 1.54) is 13.2 Å². The molecule has 0 radical (unpaired) electrons. The van der Waals surface area contributed by atoms with E-state index >= 15 is 0 Å². The number of carbonyl (C=O) groups excluding carboxylic acids is 1. The van der Waals surface area contributed by atoms with Gasteiger partial charge in [0.2, 0.25) is 0 Å². The minimum atomic E-state index is -1.65. The summed E-state index contributed by atoms with van der Waals surface area (Å²) in [6.45, 7) is 2.12. The van der Waals surface area contributed by atoms with Gasteiger partial charge in [-0.3, -0.25) is 4.79 Å². The lowest BCUT2D eigenvalue weighted by atomic mass is 10.1. The molecule has 1 aromatic rings. The van der Waals surface area contributed by atoms with Crippen LogP contribution in [-0.2, 0) is 9.59 Å². The van der Waals surface area contributed by atoms with Gasteiger partial charge in [0.15, 0.2) is 0 Å². The van der Waals surface area contributed by atoms with E-state index in [2.05, 4.69) is 0 Å². The van der Waals surface area contributed by atoms with Crippen molar-refractivity contribution in [2.75, 3.05) is 13.7 Å². The van der Waals surface area contributed by atoms with Crippen molar-refractivity contribution in [1.82, 2.24) is 0 Å². The van der Waals surface area contributed by atoms with Crippen LogP contribution < -0.4 is 9.47 Å². The van der Waals surface area contributed by atoms with Crippen molar-refractivity contribution in [1.29, 1.82) is 0 Å². The van der Waals surface area contributed by atoms with Crippen molar-refractivity contribution < 1.29 is 29.3 Å². The van der Waals surface area contributed by atoms with Crippen LogP contribution in [0.4, 0.5) is 0 Å². The number of methoxy groups -OCH3 is 1. The van der Waals surface area contributed by atoms with Gasteiger partial charge in [0, 0.05) is 6.08 Å². The third-order valence-electron chi connectivity index (χ3n) is 2.24. The fourth-order valence-electron chi connectivity index (χ4n) is 1.38. The van der Waals surface area contributed by atoms with Crippen molar-refractivity contribution in [3.63, 3.8) is 0 Å². The first-order valence-corrected chi connectivity index (χ1v) is 5.48. The molecule has 0 amide bonds. The zero-order valence-electron chi connectivity index (χ0n) is 10.5. The maximum absolute atomic E-state index is 11.0. The lowest BCUT2D eigenvalue weighted by molar-refractivity contribution is -0.146. The van der Waals surface area contributed by atoms with Gasteiger partial charge >= 0.3 is 5.97 Å². The Balaban J connectivity index is 3.21. The molecular weight excluding hydrogens is 252 g/mol. The van der Waals surface area contributed by atoms with Gasteiger partial charge in [0.1, 0.15) is 17.3 Å². The fraction of sp³-hybridized carbons (Fsp3) is 0.231. The molecule has 1 aromatic carbocycles. The summed E-state index contributed by atoms with van der Waals surface area (Å²) in [4.78, 5) is 21.5. The third-order valence-corrected chi connectivity index (χ3v) is 2.24. The molecule has 6 heteroatoms. The highest BCUT2D eigenvalue weighted by Crippen LogP contribution is 2.29. The Morgan fingerprint density at radius 1 is 1.32 bits per heavy atom. The Bertz CT molecular complexity index is 518. The van der Waals surface area contributed by atoms with Gasteiger partial charge in [-0.05, 0) is 25.1 Å². The highest BCUT2D eigenvalue weighted by Gasteiger charge is 2.14. The molecule has 2 N–H and O–H groups in total. The number of aliphatic hydroxyl groups excluding tert-OH is 1. The predicted octanol–water partition coefficient (Wildman–Crippen LogP) is 1.65. The number of carboxylic acid groups (broad SMARTS) is 1. The zero-order valence-corrected chi connectivity index (χ0v) is 10.5. The molecule has 19 heavy (non-hydrogen) atoms. The summed E-state index contributed by atoms with van der Waals surface area (Å²) in [6, 6.07) is 4.64. The summed E-state index contributed by atoms with van der Waals surface area (Å²) in [6.07, 6.45) is 0.625. The molecule has 0 saturated heterocycles. The fourth-order valence-corrected chi connectivity index (χ4v) is 1.38. The summed E-state index contributed by atoms with van der Waals surface area (Å²) < 4.78 is 10.3. The molecule has 0 aliphatic carbocycles. The molecule has 1 rings (SSSR count). The number of carboxylic acids is 1. The third kappa shape index (κ3) is 3.74. The minimum absolute atomic E-state index is 0.191. The summed E-state index contributed by atoms with van der Waals surface area (Å²) in [5, 5.41) is 18.3. The number of aliphatic carboxylic acids is 1. The molecule has 0 saturated carbocycles. The van der Waals surface area contributed by atoms with Crippen molar-refractivity contribution in [2.45, 2.75) is 6.92 Å². The summed E-state index contributed by atoms with van der Waals surface area (Å²) in [5.41, 5.74) is 0.191. The SMILES string of the molecule is CCOc1ccc(OC)cc1/C(O)=C/C(=O)C(=O)O. The topological polar surface area (TPSA) is 93.1 Å². The predicted molar refractivity (Wildman–Crippen MR) is 67.4 cm³/mol. The van der Waals surface area contributed by atoms with Crippen molar-refractivity contribution in [3.8, 4) is 11.5 Å². The van der Waals surface area contributed by atoms with E-state index in [0.29, 0.717) is 24.2 Å². The molecule has 0 heterocycles. The number of aliphatic hydroxyl groups is 1. The van der Waals surface area contributed by atoms with E-state index in [-0.39, 0.29) is 5.56 Å². The van der Waals surface area contributed by atoms with Crippen LogP contribution in [0.3, 0.4) is 0 Å². The average molecular weight is 266 g/mol. The maximum atomic E-state index is 11.0. The van der Waals surface area contributed by atoms with Crippen molar-refractivity contribution in [2.24, 2.45) is 0 Å². The monoisotopic (exact) mass is 266 g/mol. The number of hydrogen-bond donors (Lipinski definition) is 2. The van der Waals surface area contributed by atoms with Crippen molar-refractivity contribution >= 4 is 17.5 Å². The van der Waals surface area contributed by atoms with Crippen LogP contribution in [0.15, 0.2) is 24.3 Å². The van der Waals surface area contributed by atoms with E-state index < -0.39 is 17.5 Å². The number of hydrogen-bond acceptors (Lipinski definition) is 5. The first-order chi connectivity index (χ1) is 8.99. The number of carbonyl (C=O) groups is 2. The second kappa shape index (κ2) is 6.44. The Morgan fingerprint density at radius 2 is 2.00 bits per heavy atom. The number of ether oxygens (including phenoxy) is 2.